The Bertz CT molecular complexity index is 702. The topological polar surface area (TPSA) is 58.1 Å². The average molecular weight is 359 g/mol. The minimum absolute atomic E-state index is 0.0594. The number of carbonyl (C=O) groups is 1. The van der Waals surface area contributed by atoms with Gasteiger partial charge in [-0.25, -0.2) is 9.78 Å². The highest BCUT2D eigenvalue weighted by Crippen LogP contribution is 2.24. The van der Waals surface area contributed by atoms with Crippen LogP contribution in [0.1, 0.15) is 49.6 Å². The Morgan fingerprint density at radius 3 is 2.52 bits per heavy atom. The zero-order valence-corrected chi connectivity index (χ0v) is 16.0. The van der Waals surface area contributed by atoms with Gasteiger partial charge in [0, 0.05) is 24.6 Å². The largest absolute Gasteiger partial charge is 0.324 e. The molecule has 1 N–H and O–H groups in total. The Balaban J connectivity index is 1.47. The van der Waals surface area contributed by atoms with E-state index in [1.807, 2.05) is 11.8 Å². The van der Waals surface area contributed by atoms with Crippen LogP contribution in [0.25, 0.3) is 0 Å². The quantitative estimate of drug-likeness (QED) is 0.878. The molecule has 134 valence electrons. The zero-order chi connectivity index (χ0) is 17.8. The molecule has 0 saturated carbocycles. The molecule has 6 heteroatoms. The predicted molar refractivity (Wildman–Crippen MR) is 102 cm³/mol. The molecule has 1 aromatic carbocycles. The monoisotopic (exact) mass is 358 g/mol. The second-order valence-electron chi connectivity index (χ2n) is 7.11. The molecule has 2 heterocycles. The molecule has 1 aromatic heterocycles. The number of anilines is 1. The van der Waals surface area contributed by atoms with Crippen molar-refractivity contribution in [2.75, 3.05) is 18.4 Å². The summed E-state index contributed by atoms with van der Waals surface area (Å²) in [6.07, 6.45) is 3.20. The maximum Gasteiger partial charge on any atom is 0.323 e. The van der Waals surface area contributed by atoms with Crippen LogP contribution < -0.4 is 5.32 Å². The zero-order valence-electron chi connectivity index (χ0n) is 15.2. The number of aromatic nitrogens is 2. The number of rotatable bonds is 4. The first-order valence-corrected chi connectivity index (χ1v) is 9.73. The Hall–Kier alpha value is -1.95. The van der Waals surface area contributed by atoms with Crippen molar-refractivity contribution in [3.8, 4) is 0 Å². The molecular formula is C19H26N4OS. The number of hydrogen-bond donors (Lipinski definition) is 1. The second kappa shape index (κ2) is 7.95. The number of amides is 2. The van der Waals surface area contributed by atoms with E-state index in [0.29, 0.717) is 22.8 Å². The molecule has 0 radical (unpaired) electrons. The lowest BCUT2D eigenvalue weighted by molar-refractivity contribution is 0.182. The lowest BCUT2D eigenvalue weighted by Gasteiger charge is -2.31. The van der Waals surface area contributed by atoms with E-state index in [-0.39, 0.29) is 6.03 Å². The number of piperidine rings is 1. The number of aryl methyl sites for hydroxylation is 1. The molecule has 0 aliphatic carbocycles. The van der Waals surface area contributed by atoms with Gasteiger partial charge in [0.05, 0.1) is 0 Å². The van der Waals surface area contributed by atoms with Gasteiger partial charge in [0.1, 0.15) is 5.82 Å². The van der Waals surface area contributed by atoms with Crippen LogP contribution in [0.5, 0.6) is 0 Å². The van der Waals surface area contributed by atoms with Crippen molar-refractivity contribution in [2.24, 2.45) is 5.92 Å². The van der Waals surface area contributed by atoms with E-state index in [1.54, 1.807) is 0 Å². The highest BCUT2D eigenvalue weighted by Gasteiger charge is 2.23. The molecule has 1 aliphatic rings. The summed E-state index contributed by atoms with van der Waals surface area (Å²) in [6, 6.07) is 8.94. The van der Waals surface area contributed by atoms with Gasteiger partial charge in [-0.05, 0) is 49.1 Å². The number of hydrogen-bond acceptors (Lipinski definition) is 4. The van der Waals surface area contributed by atoms with Crippen LogP contribution in [0, 0.1) is 12.8 Å². The van der Waals surface area contributed by atoms with E-state index >= 15 is 0 Å². The summed E-state index contributed by atoms with van der Waals surface area (Å²) in [5.74, 6) is 1.92. The van der Waals surface area contributed by atoms with Gasteiger partial charge >= 0.3 is 6.03 Å². The van der Waals surface area contributed by atoms with Crippen molar-refractivity contribution in [3.05, 3.63) is 41.2 Å². The number of nitrogens with one attached hydrogen (secondary N) is 1. The average Bonchev–Trinajstić information content (AvgIpc) is 3.01. The minimum Gasteiger partial charge on any atom is -0.324 e. The van der Waals surface area contributed by atoms with Gasteiger partial charge in [-0.1, -0.05) is 38.1 Å². The predicted octanol–water partition coefficient (Wildman–Crippen LogP) is 4.46. The molecule has 1 aliphatic heterocycles. The van der Waals surface area contributed by atoms with Gasteiger partial charge in [0.15, 0.2) is 0 Å². The summed E-state index contributed by atoms with van der Waals surface area (Å²) in [4.78, 5) is 18.4. The Morgan fingerprint density at radius 1 is 1.28 bits per heavy atom. The summed E-state index contributed by atoms with van der Waals surface area (Å²) in [5, 5.41) is 3.42. The highest BCUT2D eigenvalue weighted by atomic mass is 32.1. The molecule has 25 heavy (non-hydrogen) atoms. The van der Waals surface area contributed by atoms with E-state index in [4.69, 9.17) is 0 Å². The first kappa shape index (κ1) is 17.9. The van der Waals surface area contributed by atoms with Gasteiger partial charge < -0.3 is 4.90 Å². The summed E-state index contributed by atoms with van der Waals surface area (Å²) in [6.45, 7) is 7.87. The van der Waals surface area contributed by atoms with Gasteiger partial charge in [0.2, 0.25) is 5.13 Å². The van der Waals surface area contributed by atoms with Crippen molar-refractivity contribution >= 4 is 22.7 Å². The smallest absolute Gasteiger partial charge is 0.323 e. The fourth-order valence-corrected chi connectivity index (χ4v) is 3.80. The molecule has 1 fully saturated rings. The first-order valence-electron chi connectivity index (χ1n) is 8.96. The van der Waals surface area contributed by atoms with Crippen molar-refractivity contribution < 1.29 is 4.79 Å². The van der Waals surface area contributed by atoms with Crippen LogP contribution >= 0.6 is 11.5 Å². The fraction of sp³-hybridized carbons (Fsp3) is 0.526. The SMILES string of the molecule is Cc1nsc(NC(=O)N2CCC(Cc3ccc(C(C)C)cc3)CC2)n1. The lowest BCUT2D eigenvalue weighted by atomic mass is 9.89. The molecule has 3 rings (SSSR count). The van der Waals surface area contributed by atoms with Gasteiger partial charge in [-0.3, -0.25) is 5.32 Å². The maximum absolute atomic E-state index is 12.3. The lowest BCUT2D eigenvalue weighted by Crippen LogP contribution is -2.41. The standard InChI is InChI=1S/C19H26N4OS/c1-13(2)17-6-4-15(5-7-17)12-16-8-10-23(11-9-16)19(24)21-18-20-14(3)22-25-18/h4-7,13,16H,8-12H2,1-3H3,(H,20,21,22,24). The minimum atomic E-state index is -0.0594. The first-order chi connectivity index (χ1) is 12.0. The summed E-state index contributed by atoms with van der Waals surface area (Å²) in [5.41, 5.74) is 2.79. The third-order valence-electron chi connectivity index (χ3n) is 4.81. The van der Waals surface area contributed by atoms with Crippen LogP contribution in [-0.4, -0.2) is 33.4 Å². The van der Waals surface area contributed by atoms with E-state index in [9.17, 15) is 4.79 Å². The second-order valence-corrected chi connectivity index (χ2v) is 7.86. The Labute approximate surface area is 153 Å². The third-order valence-corrected chi connectivity index (χ3v) is 5.54. The number of likely N-dealkylation sites (tertiary alicyclic amines) is 1. The molecule has 0 spiro atoms. The Kier molecular flexibility index (Phi) is 5.68. The third kappa shape index (κ3) is 4.78. The van der Waals surface area contributed by atoms with E-state index in [2.05, 4.69) is 52.8 Å². The van der Waals surface area contributed by atoms with Gasteiger partial charge in [-0.2, -0.15) is 4.37 Å². The molecule has 0 bridgehead atoms. The van der Waals surface area contributed by atoms with Crippen LogP contribution in [0.3, 0.4) is 0 Å². The maximum atomic E-state index is 12.3. The van der Waals surface area contributed by atoms with Crippen LogP contribution in [0.4, 0.5) is 9.93 Å². The summed E-state index contributed by atoms with van der Waals surface area (Å²) in [7, 11) is 0. The number of carbonyl (C=O) groups excluding carboxylic acids is 1. The summed E-state index contributed by atoms with van der Waals surface area (Å²) < 4.78 is 4.09. The van der Waals surface area contributed by atoms with Crippen molar-refractivity contribution in [2.45, 2.75) is 46.0 Å². The molecule has 0 atom stereocenters. The van der Waals surface area contributed by atoms with E-state index in [0.717, 1.165) is 32.4 Å². The fourth-order valence-electron chi connectivity index (χ4n) is 3.23. The van der Waals surface area contributed by atoms with Crippen molar-refractivity contribution in [1.29, 1.82) is 0 Å². The van der Waals surface area contributed by atoms with Crippen LogP contribution in [0.15, 0.2) is 24.3 Å². The number of benzene rings is 1. The van der Waals surface area contributed by atoms with E-state index in [1.165, 1.54) is 22.7 Å². The summed E-state index contributed by atoms with van der Waals surface area (Å²) >= 11 is 1.23. The Morgan fingerprint density at radius 2 is 1.96 bits per heavy atom. The molecule has 2 amide bonds. The number of urea groups is 1. The number of nitrogens with zero attached hydrogens (tertiary/aromatic N) is 3. The van der Waals surface area contributed by atoms with Crippen LogP contribution in [-0.2, 0) is 6.42 Å². The van der Waals surface area contributed by atoms with Crippen LogP contribution in [0.2, 0.25) is 0 Å². The van der Waals surface area contributed by atoms with E-state index < -0.39 is 0 Å². The van der Waals surface area contributed by atoms with Gasteiger partial charge in [-0.15, -0.1) is 0 Å². The van der Waals surface area contributed by atoms with Gasteiger partial charge in [0.25, 0.3) is 0 Å². The molecule has 5 nitrogen and oxygen atoms in total. The molecule has 2 aromatic rings. The van der Waals surface area contributed by atoms with Crippen molar-refractivity contribution in [1.82, 2.24) is 14.3 Å². The molecular weight excluding hydrogens is 332 g/mol. The van der Waals surface area contributed by atoms with Crippen molar-refractivity contribution in [3.63, 3.8) is 0 Å². The molecule has 1 saturated heterocycles. The normalized spacial score (nSPS) is 15.6. The molecule has 0 unspecified atom stereocenters. The highest BCUT2D eigenvalue weighted by molar-refractivity contribution is 7.09.